The molecule has 182 valence electrons. The molecule has 2 aromatic heterocycles. The summed E-state index contributed by atoms with van der Waals surface area (Å²) >= 11 is 0. The van der Waals surface area contributed by atoms with Gasteiger partial charge < -0.3 is 25.2 Å². The van der Waals surface area contributed by atoms with E-state index in [0.29, 0.717) is 18.4 Å². The molecular formula is C26H31N7O2. The van der Waals surface area contributed by atoms with Gasteiger partial charge in [0.05, 0.1) is 23.9 Å². The number of carbonyl (C=O) groups is 1. The van der Waals surface area contributed by atoms with Gasteiger partial charge in [-0.1, -0.05) is 12.1 Å². The molecule has 1 aromatic carbocycles. The molecular weight excluding hydrogens is 442 g/mol. The molecule has 2 aliphatic heterocycles. The molecule has 9 heteroatoms. The summed E-state index contributed by atoms with van der Waals surface area (Å²) < 4.78 is 5.82. The fraction of sp³-hybridized carbons (Fsp3) is 0.462. The van der Waals surface area contributed by atoms with Crippen molar-refractivity contribution in [2.24, 2.45) is 5.92 Å². The molecule has 3 aliphatic rings. The molecule has 0 radical (unpaired) electrons. The Balaban J connectivity index is 1.17. The van der Waals surface area contributed by atoms with E-state index in [1.54, 1.807) is 12.4 Å². The van der Waals surface area contributed by atoms with E-state index in [1.807, 2.05) is 11.0 Å². The van der Waals surface area contributed by atoms with E-state index < -0.39 is 0 Å². The van der Waals surface area contributed by atoms with E-state index in [0.717, 1.165) is 86.8 Å². The molecule has 1 atom stereocenters. The summed E-state index contributed by atoms with van der Waals surface area (Å²) in [5.74, 6) is 1.37. The van der Waals surface area contributed by atoms with Gasteiger partial charge in [-0.05, 0) is 31.0 Å². The number of ether oxygens (including phenoxy) is 1. The van der Waals surface area contributed by atoms with Gasteiger partial charge in [-0.3, -0.25) is 9.78 Å². The van der Waals surface area contributed by atoms with E-state index in [4.69, 9.17) is 9.72 Å². The average Bonchev–Trinajstić information content (AvgIpc) is 3.78. The van der Waals surface area contributed by atoms with Gasteiger partial charge in [-0.25, -0.2) is 9.97 Å². The number of anilines is 2. The zero-order valence-corrected chi connectivity index (χ0v) is 19.8. The Bertz CT molecular complexity index is 1180. The van der Waals surface area contributed by atoms with Crippen molar-refractivity contribution in [3.8, 4) is 11.3 Å². The van der Waals surface area contributed by atoms with Crippen molar-refractivity contribution in [3.05, 3.63) is 42.7 Å². The highest BCUT2D eigenvalue weighted by molar-refractivity contribution is 5.88. The standard InChI is InChI=1S/C26H31N7O2/c34-26(19-1-2-19)33-12-10-32(11-13-33)20-5-3-18(4-6-20)22-15-23-24(29-8-7-28-23)25(31-22)30-17-21-16-27-9-14-35-21/h3-8,15,19,21,27H,1-2,9-14,16-17H2,(H,30,31)/t21-/m0/s1. The molecule has 2 N–H and O–H groups in total. The van der Waals surface area contributed by atoms with Gasteiger partial charge in [0.2, 0.25) is 5.91 Å². The number of nitrogens with one attached hydrogen (secondary N) is 2. The predicted molar refractivity (Wildman–Crippen MR) is 135 cm³/mol. The number of aromatic nitrogens is 3. The third-order valence-corrected chi connectivity index (χ3v) is 7.00. The van der Waals surface area contributed by atoms with Crippen LogP contribution >= 0.6 is 0 Å². The topological polar surface area (TPSA) is 95.5 Å². The van der Waals surface area contributed by atoms with Gasteiger partial charge >= 0.3 is 0 Å². The van der Waals surface area contributed by atoms with Gasteiger partial charge in [-0.15, -0.1) is 0 Å². The molecule has 2 saturated heterocycles. The first kappa shape index (κ1) is 22.2. The second kappa shape index (κ2) is 9.75. The number of hydrogen-bond donors (Lipinski definition) is 2. The fourth-order valence-corrected chi connectivity index (χ4v) is 4.82. The molecule has 4 heterocycles. The van der Waals surface area contributed by atoms with Crippen molar-refractivity contribution in [1.29, 1.82) is 0 Å². The molecule has 3 fully saturated rings. The molecule has 0 spiro atoms. The van der Waals surface area contributed by atoms with Crippen LogP contribution in [-0.4, -0.2) is 84.3 Å². The van der Waals surface area contributed by atoms with Crippen LogP contribution in [0.3, 0.4) is 0 Å². The number of amides is 1. The summed E-state index contributed by atoms with van der Waals surface area (Å²) in [6.45, 7) is 6.43. The molecule has 0 bridgehead atoms. The number of piperazine rings is 1. The Hall–Kier alpha value is -3.30. The number of pyridine rings is 1. The number of fused-ring (bicyclic) bond motifs is 1. The highest BCUT2D eigenvalue weighted by Crippen LogP contribution is 2.32. The van der Waals surface area contributed by atoms with E-state index in [9.17, 15) is 4.79 Å². The average molecular weight is 474 g/mol. The lowest BCUT2D eigenvalue weighted by Gasteiger charge is -2.36. The van der Waals surface area contributed by atoms with Gasteiger partial charge in [0.1, 0.15) is 5.52 Å². The van der Waals surface area contributed by atoms with Gasteiger partial charge in [0, 0.05) is 75.4 Å². The molecule has 1 saturated carbocycles. The van der Waals surface area contributed by atoms with Crippen LogP contribution in [0.25, 0.3) is 22.3 Å². The maximum atomic E-state index is 12.3. The van der Waals surface area contributed by atoms with Crippen LogP contribution in [0.1, 0.15) is 12.8 Å². The van der Waals surface area contributed by atoms with Crippen molar-refractivity contribution in [1.82, 2.24) is 25.2 Å². The molecule has 3 aromatic rings. The van der Waals surface area contributed by atoms with Crippen molar-refractivity contribution in [2.45, 2.75) is 18.9 Å². The number of hydrogen-bond acceptors (Lipinski definition) is 8. The Kier molecular flexibility index (Phi) is 6.18. The van der Waals surface area contributed by atoms with Crippen LogP contribution in [-0.2, 0) is 9.53 Å². The number of rotatable bonds is 6. The van der Waals surface area contributed by atoms with E-state index in [1.165, 1.54) is 5.69 Å². The smallest absolute Gasteiger partial charge is 0.225 e. The molecule has 6 rings (SSSR count). The zero-order valence-electron chi connectivity index (χ0n) is 19.8. The zero-order chi connectivity index (χ0) is 23.6. The van der Waals surface area contributed by atoms with Crippen LogP contribution in [0.2, 0.25) is 0 Å². The summed E-state index contributed by atoms with van der Waals surface area (Å²) in [6.07, 6.45) is 5.64. The van der Waals surface area contributed by atoms with Gasteiger partial charge in [0.25, 0.3) is 0 Å². The van der Waals surface area contributed by atoms with Crippen molar-refractivity contribution in [3.63, 3.8) is 0 Å². The Morgan fingerprint density at radius 1 is 1.09 bits per heavy atom. The summed E-state index contributed by atoms with van der Waals surface area (Å²) in [5, 5.41) is 6.79. The van der Waals surface area contributed by atoms with Crippen LogP contribution in [0, 0.1) is 5.92 Å². The first-order chi connectivity index (χ1) is 17.2. The summed E-state index contributed by atoms with van der Waals surface area (Å²) in [6, 6.07) is 10.5. The lowest BCUT2D eigenvalue weighted by atomic mass is 10.1. The maximum absolute atomic E-state index is 12.3. The minimum atomic E-state index is 0.0975. The molecule has 9 nitrogen and oxygen atoms in total. The van der Waals surface area contributed by atoms with Crippen molar-refractivity contribution < 1.29 is 9.53 Å². The molecule has 35 heavy (non-hydrogen) atoms. The Morgan fingerprint density at radius 2 is 1.89 bits per heavy atom. The lowest BCUT2D eigenvalue weighted by Crippen LogP contribution is -2.49. The monoisotopic (exact) mass is 473 g/mol. The minimum absolute atomic E-state index is 0.0975. The van der Waals surface area contributed by atoms with Crippen LogP contribution in [0.15, 0.2) is 42.7 Å². The normalized spacial score (nSPS) is 20.7. The number of carbonyl (C=O) groups excluding carboxylic acids is 1. The Labute approximate surface area is 204 Å². The maximum Gasteiger partial charge on any atom is 0.225 e. The Morgan fingerprint density at radius 3 is 2.63 bits per heavy atom. The number of benzene rings is 1. The number of morpholine rings is 1. The van der Waals surface area contributed by atoms with Crippen LogP contribution < -0.4 is 15.5 Å². The molecule has 1 amide bonds. The third-order valence-electron chi connectivity index (χ3n) is 7.00. The second-order valence-corrected chi connectivity index (χ2v) is 9.49. The van der Waals surface area contributed by atoms with Crippen LogP contribution in [0.5, 0.6) is 0 Å². The van der Waals surface area contributed by atoms with E-state index in [2.05, 4.69) is 49.8 Å². The SMILES string of the molecule is O=C(C1CC1)N1CCN(c2ccc(-c3cc4nccnc4c(NC[C@@H]4CNCCO4)n3)cc2)CC1. The fourth-order valence-electron chi connectivity index (χ4n) is 4.82. The minimum Gasteiger partial charge on any atom is -0.374 e. The summed E-state index contributed by atoms with van der Waals surface area (Å²) in [7, 11) is 0. The van der Waals surface area contributed by atoms with E-state index in [-0.39, 0.29) is 6.10 Å². The first-order valence-electron chi connectivity index (χ1n) is 12.6. The summed E-state index contributed by atoms with van der Waals surface area (Å²) in [4.78, 5) is 30.7. The molecule has 0 unspecified atom stereocenters. The van der Waals surface area contributed by atoms with Crippen LogP contribution in [0.4, 0.5) is 11.5 Å². The van der Waals surface area contributed by atoms with Gasteiger partial charge in [0.15, 0.2) is 5.82 Å². The van der Waals surface area contributed by atoms with E-state index >= 15 is 0 Å². The molecule has 1 aliphatic carbocycles. The largest absolute Gasteiger partial charge is 0.374 e. The lowest BCUT2D eigenvalue weighted by molar-refractivity contribution is -0.132. The highest BCUT2D eigenvalue weighted by Gasteiger charge is 2.34. The number of nitrogens with zero attached hydrogens (tertiary/aromatic N) is 5. The van der Waals surface area contributed by atoms with Gasteiger partial charge in [-0.2, -0.15) is 0 Å². The van der Waals surface area contributed by atoms with Crippen molar-refractivity contribution in [2.75, 3.05) is 62.6 Å². The first-order valence-corrected chi connectivity index (χ1v) is 12.6. The highest BCUT2D eigenvalue weighted by atomic mass is 16.5. The third kappa shape index (κ3) is 4.92. The summed E-state index contributed by atoms with van der Waals surface area (Å²) in [5.41, 5.74) is 4.63. The quantitative estimate of drug-likeness (QED) is 0.562. The predicted octanol–water partition coefficient (Wildman–Crippen LogP) is 2.15. The second-order valence-electron chi connectivity index (χ2n) is 9.49. The van der Waals surface area contributed by atoms with Crippen molar-refractivity contribution >= 4 is 28.4 Å².